The first-order chi connectivity index (χ1) is 10.1. The smallest absolute Gasteiger partial charge is 0.340 e. The summed E-state index contributed by atoms with van der Waals surface area (Å²) in [7, 11) is 0. The number of hydrogen-bond acceptors (Lipinski definition) is 3. The molecule has 4 heteroatoms. The van der Waals surface area contributed by atoms with Gasteiger partial charge in [0.1, 0.15) is 0 Å². The average Bonchev–Trinajstić information content (AvgIpc) is 2.48. The molecule has 0 aliphatic carbocycles. The quantitative estimate of drug-likeness (QED) is 0.874. The highest BCUT2D eigenvalue weighted by Gasteiger charge is 2.15. The van der Waals surface area contributed by atoms with Crippen LogP contribution < -0.4 is 5.32 Å². The van der Waals surface area contributed by atoms with E-state index in [1.807, 2.05) is 6.07 Å². The molecule has 0 aliphatic rings. The third kappa shape index (κ3) is 3.92. The van der Waals surface area contributed by atoms with Gasteiger partial charge in [0.15, 0.2) is 0 Å². The van der Waals surface area contributed by atoms with Crippen molar-refractivity contribution in [2.24, 2.45) is 0 Å². The third-order valence-corrected chi connectivity index (χ3v) is 2.77. The molecule has 0 atom stereocenters. The Kier molecular flexibility index (Phi) is 4.72. The van der Waals surface area contributed by atoms with Crippen LogP contribution >= 0.6 is 0 Å². The number of esters is 1. The van der Waals surface area contributed by atoms with Crippen LogP contribution in [0.15, 0.2) is 54.6 Å². The maximum absolute atomic E-state index is 12.1. The maximum Gasteiger partial charge on any atom is 0.340 e. The van der Waals surface area contributed by atoms with Gasteiger partial charge in [-0.25, -0.2) is 4.79 Å². The Morgan fingerprint density at radius 1 is 0.952 bits per heavy atom. The van der Waals surface area contributed by atoms with Gasteiger partial charge in [0, 0.05) is 5.56 Å². The Balaban J connectivity index is 2.21. The van der Waals surface area contributed by atoms with Crippen molar-refractivity contribution in [2.45, 2.75) is 20.0 Å². The highest BCUT2D eigenvalue weighted by molar-refractivity contribution is 6.07. The normalized spacial score (nSPS) is 10.2. The van der Waals surface area contributed by atoms with E-state index < -0.39 is 5.97 Å². The minimum Gasteiger partial charge on any atom is -0.459 e. The SMILES string of the molecule is CC(C)OC(=O)c1ccccc1NC(=O)c1ccccc1. The Labute approximate surface area is 123 Å². The van der Waals surface area contributed by atoms with E-state index >= 15 is 0 Å². The lowest BCUT2D eigenvalue weighted by atomic mass is 10.1. The summed E-state index contributed by atoms with van der Waals surface area (Å²) in [6, 6.07) is 15.6. The number of anilines is 1. The number of amides is 1. The second kappa shape index (κ2) is 6.70. The summed E-state index contributed by atoms with van der Waals surface area (Å²) in [6.45, 7) is 3.56. The minimum atomic E-state index is -0.450. The summed E-state index contributed by atoms with van der Waals surface area (Å²) in [5, 5.41) is 2.74. The Morgan fingerprint density at radius 2 is 1.57 bits per heavy atom. The molecule has 0 unspecified atom stereocenters. The molecule has 0 saturated carbocycles. The second-order valence-electron chi connectivity index (χ2n) is 4.82. The predicted octanol–water partition coefficient (Wildman–Crippen LogP) is 3.50. The van der Waals surface area contributed by atoms with Crippen LogP contribution in [0.25, 0.3) is 0 Å². The first-order valence-electron chi connectivity index (χ1n) is 6.74. The topological polar surface area (TPSA) is 55.4 Å². The molecule has 0 aliphatic heterocycles. The van der Waals surface area contributed by atoms with Crippen molar-refractivity contribution in [2.75, 3.05) is 5.32 Å². The molecule has 1 N–H and O–H groups in total. The Hall–Kier alpha value is -2.62. The lowest BCUT2D eigenvalue weighted by molar-refractivity contribution is 0.0379. The van der Waals surface area contributed by atoms with E-state index in [1.54, 1.807) is 62.4 Å². The van der Waals surface area contributed by atoms with Gasteiger partial charge in [-0.2, -0.15) is 0 Å². The molecule has 2 aromatic rings. The largest absolute Gasteiger partial charge is 0.459 e. The molecular formula is C17H17NO3. The maximum atomic E-state index is 12.1. The second-order valence-corrected chi connectivity index (χ2v) is 4.82. The number of rotatable bonds is 4. The fourth-order valence-corrected chi connectivity index (χ4v) is 1.83. The van der Waals surface area contributed by atoms with E-state index in [0.29, 0.717) is 16.8 Å². The molecular weight excluding hydrogens is 266 g/mol. The monoisotopic (exact) mass is 283 g/mol. The summed E-state index contributed by atoms with van der Waals surface area (Å²) in [4.78, 5) is 24.2. The zero-order valence-electron chi connectivity index (χ0n) is 12.0. The summed E-state index contributed by atoms with van der Waals surface area (Å²) >= 11 is 0. The number of carbonyl (C=O) groups is 2. The number of hydrogen-bond donors (Lipinski definition) is 1. The molecule has 0 heterocycles. The van der Waals surface area contributed by atoms with Gasteiger partial charge in [-0.15, -0.1) is 0 Å². The molecule has 1 amide bonds. The van der Waals surface area contributed by atoms with Gasteiger partial charge in [0.05, 0.1) is 17.4 Å². The van der Waals surface area contributed by atoms with E-state index in [-0.39, 0.29) is 12.0 Å². The van der Waals surface area contributed by atoms with E-state index in [4.69, 9.17) is 4.74 Å². The van der Waals surface area contributed by atoms with Crippen molar-refractivity contribution in [3.63, 3.8) is 0 Å². The van der Waals surface area contributed by atoms with Crippen molar-refractivity contribution in [1.29, 1.82) is 0 Å². The number of benzene rings is 2. The Morgan fingerprint density at radius 3 is 2.24 bits per heavy atom. The zero-order chi connectivity index (χ0) is 15.2. The molecule has 0 bridgehead atoms. The van der Waals surface area contributed by atoms with Crippen molar-refractivity contribution in [1.82, 2.24) is 0 Å². The van der Waals surface area contributed by atoms with Crippen LogP contribution in [0.5, 0.6) is 0 Å². The number of ether oxygens (including phenoxy) is 1. The van der Waals surface area contributed by atoms with Gasteiger partial charge < -0.3 is 10.1 Å². The molecule has 21 heavy (non-hydrogen) atoms. The molecule has 2 rings (SSSR count). The van der Waals surface area contributed by atoms with E-state index in [2.05, 4.69) is 5.32 Å². The minimum absolute atomic E-state index is 0.213. The van der Waals surface area contributed by atoms with E-state index in [1.165, 1.54) is 0 Å². The molecule has 4 nitrogen and oxygen atoms in total. The lowest BCUT2D eigenvalue weighted by Crippen LogP contribution is -2.17. The molecule has 2 aromatic carbocycles. The van der Waals surface area contributed by atoms with Crippen LogP contribution in [0.3, 0.4) is 0 Å². The molecule has 108 valence electrons. The fraction of sp³-hybridized carbons (Fsp3) is 0.176. The first kappa shape index (κ1) is 14.8. The summed E-state index contributed by atoms with van der Waals surface area (Å²) in [6.07, 6.45) is -0.213. The highest BCUT2D eigenvalue weighted by atomic mass is 16.5. The number of carbonyl (C=O) groups excluding carboxylic acids is 2. The molecule has 0 spiro atoms. The standard InChI is InChI=1S/C17H17NO3/c1-12(2)21-17(20)14-10-6-7-11-15(14)18-16(19)13-8-4-3-5-9-13/h3-12H,1-2H3,(H,18,19). The first-order valence-corrected chi connectivity index (χ1v) is 6.74. The van der Waals surface area contributed by atoms with Gasteiger partial charge in [-0.3, -0.25) is 4.79 Å². The van der Waals surface area contributed by atoms with Gasteiger partial charge >= 0.3 is 5.97 Å². The molecule has 0 saturated heterocycles. The van der Waals surface area contributed by atoms with Crippen molar-refractivity contribution < 1.29 is 14.3 Å². The Bertz CT molecular complexity index is 635. The van der Waals surface area contributed by atoms with Crippen LogP contribution in [0.4, 0.5) is 5.69 Å². The van der Waals surface area contributed by atoms with Crippen LogP contribution in [0.1, 0.15) is 34.6 Å². The van der Waals surface area contributed by atoms with E-state index in [0.717, 1.165) is 0 Å². The molecule has 0 radical (unpaired) electrons. The summed E-state index contributed by atoms with van der Waals surface area (Å²) < 4.78 is 5.17. The third-order valence-electron chi connectivity index (χ3n) is 2.77. The number of nitrogens with one attached hydrogen (secondary N) is 1. The lowest BCUT2D eigenvalue weighted by Gasteiger charge is -2.12. The van der Waals surface area contributed by atoms with Gasteiger partial charge in [0.25, 0.3) is 5.91 Å². The van der Waals surface area contributed by atoms with Gasteiger partial charge in [-0.1, -0.05) is 30.3 Å². The predicted molar refractivity (Wildman–Crippen MR) is 81.4 cm³/mol. The van der Waals surface area contributed by atoms with Crippen molar-refractivity contribution >= 4 is 17.6 Å². The van der Waals surface area contributed by atoms with Crippen molar-refractivity contribution in [3.8, 4) is 0 Å². The van der Waals surface area contributed by atoms with Crippen LogP contribution in [-0.4, -0.2) is 18.0 Å². The van der Waals surface area contributed by atoms with Gasteiger partial charge in [-0.05, 0) is 38.1 Å². The fourth-order valence-electron chi connectivity index (χ4n) is 1.83. The van der Waals surface area contributed by atoms with Gasteiger partial charge in [0.2, 0.25) is 0 Å². The van der Waals surface area contributed by atoms with Crippen molar-refractivity contribution in [3.05, 3.63) is 65.7 Å². The molecule has 0 fully saturated rings. The summed E-state index contributed by atoms with van der Waals surface area (Å²) in [5.41, 5.74) is 1.32. The zero-order valence-corrected chi connectivity index (χ0v) is 12.0. The van der Waals surface area contributed by atoms with Crippen LogP contribution in [0.2, 0.25) is 0 Å². The highest BCUT2D eigenvalue weighted by Crippen LogP contribution is 2.18. The molecule has 0 aromatic heterocycles. The summed E-state index contributed by atoms with van der Waals surface area (Å²) in [5.74, 6) is -0.714. The van der Waals surface area contributed by atoms with E-state index in [9.17, 15) is 9.59 Å². The number of para-hydroxylation sites is 1. The van der Waals surface area contributed by atoms with Crippen LogP contribution in [-0.2, 0) is 4.74 Å². The van der Waals surface area contributed by atoms with Crippen LogP contribution in [0, 0.1) is 0 Å². The average molecular weight is 283 g/mol.